The molecular formula is C32H40BrN3O6S. The number of amides is 2. The number of nitrogens with zero attached hydrogens (tertiary/aromatic N) is 2. The Labute approximate surface area is 263 Å². The molecule has 0 saturated carbocycles. The van der Waals surface area contributed by atoms with E-state index >= 15 is 0 Å². The van der Waals surface area contributed by atoms with E-state index in [4.69, 9.17) is 9.47 Å². The summed E-state index contributed by atoms with van der Waals surface area (Å²) < 4.78 is 40.7. The Morgan fingerprint density at radius 2 is 1.60 bits per heavy atom. The third-order valence-corrected chi connectivity index (χ3v) is 8.80. The first-order valence-electron chi connectivity index (χ1n) is 14.0. The second-order valence-electron chi connectivity index (χ2n) is 10.9. The van der Waals surface area contributed by atoms with Crippen molar-refractivity contribution in [3.05, 3.63) is 82.8 Å². The number of halogens is 1. The van der Waals surface area contributed by atoms with Crippen molar-refractivity contribution in [1.29, 1.82) is 0 Å². The van der Waals surface area contributed by atoms with E-state index in [0.717, 1.165) is 14.3 Å². The summed E-state index contributed by atoms with van der Waals surface area (Å²) in [6.45, 7) is 9.26. The van der Waals surface area contributed by atoms with Gasteiger partial charge in [0.15, 0.2) is 0 Å². The van der Waals surface area contributed by atoms with E-state index in [1.807, 2.05) is 40.7 Å². The van der Waals surface area contributed by atoms with Gasteiger partial charge in [0.25, 0.3) is 10.0 Å². The number of anilines is 1. The van der Waals surface area contributed by atoms with Gasteiger partial charge in [-0.3, -0.25) is 13.9 Å². The first-order chi connectivity index (χ1) is 20.3. The number of nitrogens with one attached hydrogen (secondary N) is 1. The van der Waals surface area contributed by atoms with Gasteiger partial charge in [-0.2, -0.15) is 0 Å². The topological polar surface area (TPSA) is 105 Å². The molecule has 0 aromatic heterocycles. The first kappa shape index (κ1) is 33.9. The van der Waals surface area contributed by atoms with Crippen LogP contribution in [0.1, 0.15) is 46.6 Å². The van der Waals surface area contributed by atoms with Gasteiger partial charge in [-0.05, 0) is 100 Å². The standard InChI is InChI=1S/C32H40BrN3O6S/c1-7-29(31(38)34-32(3,4)5)35(21-23-10-9-11-27(20-23)41-6)30(37)22-36(25-14-16-26(17-15-25)42-8-2)43(39,40)28-18-12-24(33)13-19-28/h9-20,29H,7-8,21-22H2,1-6H3,(H,34,38)/t29-/m1/s1. The van der Waals surface area contributed by atoms with Crippen molar-refractivity contribution < 1.29 is 27.5 Å². The van der Waals surface area contributed by atoms with Gasteiger partial charge in [-0.25, -0.2) is 8.42 Å². The summed E-state index contributed by atoms with van der Waals surface area (Å²) in [5.41, 5.74) is 0.486. The van der Waals surface area contributed by atoms with Crippen molar-refractivity contribution in [2.45, 2.75) is 64.1 Å². The molecule has 3 aromatic rings. The van der Waals surface area contributed by atoms with Gasteiger partial charge in [-0.15, -0.1) is 0 Å². The number of hydrogen-bond acceptors (Lipinski definition) is 6. The van der Waals surface area contributed by atoms with Crippen molar-refractivity contribution in [2.24, 2.45) is 0 Å². The van der Waals surface area contributed by atoms with E-state index in [1.54, 1.807) is 61.7 Å². The van der Waals surface area contributed by atoms with Crippen LogP contribution in [0.5, 0.6) is 11.5 Å². The van der Waals surface area contributed by atoms with Crippen LogP contribution in [0.15, 0.2) is 82.2 Å². The molecule has 0 fully saturated rings. The van der Waals surface area contributed by atoms with Crippen LogP contribution >= 0.6 is 15.9 Å². The number of carbonyl (C=O) groups excluding carboxylic acids is 2. The molecule has 11 heteroatoms. The predicted octanol–water partition coefficient (Wildman–Crippen LogP) is 5.77. The fraction of sp³-hybridized carbons (Fsp3) is 0.375. The van der Waals surface area contributed by atoms with Gasteiger partial charge < -0.3 is 19.7 Å². The highest BCUT2D eigenvalue weighted by atomic mass is 79.9. The summed E-state index contributed by atoms with van der Waals surface area (Å²) in [5.74, 6) is 0.317. The minimum atomic E-state index is -4.19. The smallest absolute Gasteiger partial charge is 0.264 e. The average Bonchev–Trinajstić information content (AvgIpc) is 2.95. The second kappa shape index (κ2) is 14.7. The number of methoxy groups -OCH3 is 1. The van der Waals surface area contributed by atoms with E-state index in [2.05, 4.69) is 21.2 Å². The van der Waals surface area contributed by atoms with Crippen LogP contribution < -0.4 is 19.1 Å². The monoisotopic (exact) mass is 673 g/mol. The Balaban J connectivity index is 2.08. The highest BCUT2D eigenvalue weighted by Crippen LogP contribution is 2.28. The van der Waals surface area contributed by atoms with Crippen LogP contribution in [0.25, 0.3) is 0 Å². The zero-order chi connectivity index (χ0) is 31.8. The zero-order valence-corrected chi connectivity index (χ0v) is 27.9. The molecule has 1 atom stereocenters. The lowest BCUT2D eigenvalue weighted by Gasteiger charge is -2.34. The number of rotatable bonds is 13. The number of benzene rings is 3. The Hall–Kier alpha value is -3.57. The minimum absolute atomic E-state index is 0.0225. The molecule has 1 N–H and O–H groups in total. The Morgan fingerprint density at radius 1 is 0.953 bits per heavy atom. The highest BCUT2D eigenvalue weighted by Gasteiger charge is 2.34. The van der Waals surface area contributed by atoms with Crippen LogP contribution in [0, 0.1) is 0 Å². The molecule has 9 nitrogen and oxygen atoms in total. The summed E-state index contributed by atoms with van der Waals surface area (Å²) in [4.78, 5) is 29.2. The molecule has 0 saturated heterocycles. The summed E-state index contributed by atoms with van der Waals surface area (Å²) in [5, 5.41) is 2.97. The maximum Gasteiger partial charge on any atom is 0.264 e. The molecule has 3 aromatic carbocycles. The molecule has 0 unspecified atom stereocenters. The summed E-state index contributed by atoms with van der Waals surface area (Å²) in [6.07, 6.45) is 0.320. The number of carbonyl (C=O) groups is 2. The van der Waals surface area contributed by atoms with Crippen LogP contribution in [0.2, 0.25) is 0 Å². The van der Waals surface area contributed by atoms with E-state index < -0.39 is 34.1 Å². The van der Waals surface area contributed by atoms with Crippen molar-refractivity contribution in [2.75, 3.05) is 24.6 Å². The number of ether oxygens (including phenoxy) is 2. The van der Waals surface area contributed by atoms with Crippen LogP contribution in [0.3, 0.4) is 0 Å². The maximum absolute atomic E-state index is 14.2. The van der Waals surface area contributed by atoms with Crippen molar-refractivity contribution in [3.63, 3.8) is 0 Å². The Kier molecular flexibility index (Phi) is 11.6. The molecule has 0 radical (unpaired) electrons. The summed E-state index contributed by atoms with van der Waals surface area (Å²) in [7, 11) is -2.64. The molecule has 0 aliphatic heterocycles. The number of sulfonamides is 1. The fourth-order valence-electron chi connectivity index (χ4n) is 4.48. The van der Waals surface area contributed by atoms with Crippen molar-refractivity contribution >= 4 is 43.5 Å². The predicted molar refractivity (Wildman–Crippen MR) is 172 cm³/mol. The lowest BCUT2D eigenvalue weighted by atomic mass is 10.1. The molecule has 0 aliphatic rings. The molecule has 0 spiro atoms. The second-order valence-corrected chi connectivity index (χ2v) is 13.7. The highest BCUT2D eigenvalue weighted by molar-refractivity contribution is 9.10. The Bertz CT molecular complexity index is 1490. The van der Waals surface area contributed by atoms with E-state index in [-0.39, 0.29) is 23.0 Å². The fourth-order valence-corrected chi connectivity index (χ4v) is 6.16. The van der Waals surface area contributed by atoms with Crippen LogP contribution in [-0.4, -0.2) is 57.0 Å². The van der Waals surface area contributed by atoms with Crippen molar-refractivity contribution in [3.8, 4) is 11.5 Å². The normalized spacial score (nSPS) is 12.3. The van der Waals surface area contributed by atoms with E-state index in [0.29, 0.717) is 24.5 Å². The number of hydrogen-bond donors (Lipinski definition) is 1. The molecule has 3 rings (SSSR count). The first-order valence-corrected chi connectivity index (χ1v) is 16.3. The van der Waals surface area contributed by atoms with Gasteiger partial charge in [0.05, 0.1) is 24.3 Å². The molecule has 2 amide bonds. The third kappa shape index (κ3) is 9.21. The zero-order valence-electron chi connectivity index (χ0n) is 25.5. The molecule has 0 bridgehead atoms. The van der Waals surface area contributed by atoms with Crippen LogP contribution in [0.4, 0.5) is 5.69 Å². The van der Waals surface area contributed by atoms with Crippen LogP contribution in [-0.2, 0) is 26.2 Å². The Morgan fingerprint density at radius 3 is 2.16 bits per heavy atom. The summed E-state index contributed by atoms with van der Waals surface area (Å²) >= 11 is 3.35. The van der Waals surface area contributed by atoms with E-state index in [9.17, 15) is 18.0 Å². The average molecular weight is 675 g/mol. The molecule has 0 aliphatic carbocycles. The van der Waals surface area contributed by atoms with E-state index in [1.165, 1.54) is 17.0 Å². The quantitative estimate of drug-likeness (QED) is 0.247. The minimum Gasteiger partial charge on any atom is -0.497 e. The van der Waals surface area contributed by atoms with Crippen molar-refractivity contribution in [1.82, 2.24) is 10.2 Å². The maximum atomic E-state index is 14.2. The molecule has 43 heavy (non-hydrogen) atoms. The summed E-state index contributed by atoms with van der Waals surface area (Å²) in [6, 6.07) is 19.1. The molecule has 0 heterocycles. The third-order valence-electron chi connectivity index (χ3n) is 6.49. The van der Waals surface area contributed by atoms with Gasteiger partial charge in [0.2, 0.25) is 11.8 Å². The van der Waals surface area contributed by atoms with Gasteiger partial charge in [0.1, 0.15) is 24.1 Å². The molecule has 232 valence electrons. The molecular weight excluding hydrogens is 634 g/mol. The van der Waals surface area contributed by atoms with Gasteiger partial charge >= 0.3 is 0 Å². The lowest BCUT2D eigenvalue weighted by molar-refractivity contribution is -0.141. The van der Waals surface area contributed by atoms with Gasteiger partial charge in [0, 0.05) is 16.6 Å². The SMILES string of the molecule is CCOc1ccc(N(CC(=O)N(Cc2cccc(OC)c2)[C@H](CC)C(=O)NC(C)(C)C)S(=O)(=O)c2ccc(Br)cc2)cc1. The van der Waals surface area contributed by atoms with Gasteiger partial charge in [-0.1, -0.05) is 35.0 Å². The largest absolute Gasteiger partial charge is 0.497 e. The lowest BCUT2D eigenvalue weighted by Crippen LogP contribution is -2.55.